The van der Waals surface area contributed by atoms with Gasteiger partial charge in [-0.1, -0.05) is 17.7 Å². The van der Waals surface area contributed by atoms with E-state index in [1.165, 1.54) is 0 Å². The predicted octanol–water partition coefficient (Wildman–Crippen LogP) is 2.90. The molecule has 0 fully saturated rings. The number of hydrogen-bond donors (Lipinski definition) is 1. The normalized spacial score (nSPS) is 16.8. The molecular formula is C13H15ClO3. The highest BCUT2D eigenvalue weighted by molar-refractivity contribution is 6.32. The minimum Gasteiger partial charge on any atom is -0.486 e. The van der Waals surface area contributed by atoms with Crippen molar-refractivity contribution in [2.24, 2.45) is 0 Å². The van der Waals surface area contributed by atoms with Crippen LogP contribution in [-0.2, 0) is 0 Å². The van der Waals surface area contributed by atoms with Gasteiger partial charge in [0.05, 0.1) is 11.1 Å². The monoisotopic (exact) mass is 254 g/mol. The number of benzene rings is 1. The zero-order valence-electron chi connectivity index (χ0n) is 9.87. The molecule has 4 heteroatoms. The first kappa shape index (κ1) is 12.3. The van der Waals surface area contributed by atoms with Gasteiger partial charge in [-0.25, -0.2) is 0 Å². The van der Waals surface area contributed by atoms with E-state index < -0.39 is 6.10 Å². The van der Waals surface area contributed by atoms with Crippen LogP contribution in [0.2, 0.25) is 5.02 Å². The van der Waals surface area contributed by atoms with Crippen LogP contribution in [0.1, 0.15) is 19.4 Å². The Hall–Kier alpha value is -1.19. The minimum atomic E-state index is -0.470. The fourth-order valence-electron chi connectivity index (χ4n) is 1.60. The molecule has 17 heavy (non-hydrogen) atoms. The Labute approximate surface area is 106 Å². The molecule has 0 bridgehead atoms. The summed E-state index contributed by atoms with van der Waals surface area (Å²) < 4.78 is 10.9. The Morgan fingerprint density at radius 3 is 2.82 bits per heavy atom. The largest absolute Gasteiger partial charge is 0.486 e. The molecule has 1 aliphatic heterocycles. The summed E-state index contributed by atoms with van der Waals surface area (Å²) in [6, 6.07) is 3.67. The summed E-state index contributed by atoms with van der Waals surface area (Å²) in [6.45, 7) is 4.65. The summed E-state index contributed by atoms with van der Waals surface area (Å²) >= 11 is 6.11. The summed E-state index contributed by atoms with van der Waals surface area (Å²) in [6.07, 6.45) is 1.41. The number of halogens is 1. The molecule has 0 amide bonds. The van der Waals surface area contributed by atoms with E-state index in [-0.39, 0.29) is 0 Å². The Bertz CT molecular complexity index is 452. The molecule has 0 aliphatic carbocycles. The van der Waals surface area contributed by atoms with E-state index >= 15 is 0 Å². The second kappa shape index (κ2) is 4.98. The minimum absolute atomic E-state index is 0.470. The van der Waals surface area contributed by atoms with Crippen LogP contribution < -0.4 is 9.47 Å². The molecular weight excluding hydrogens is 240 g/mol. The van der Waals surface area contributed by atoms with Gasteiger partial charge >= 0.3 is 0 Å². The van der Waals surface area contributed by atoms with Gasteiger partial charge in [0.15, 0.2) is 11.5 Å². The lowest BCUT2D eigenvalue weighted by atomic mass is 10.1. The maximum Gasteiger partial charge on any atom is 0.179 e. The van der Waals surface area contributed by atoms with Crippen LogP contribution in [0.15, 0.2) is 17.7 Å². The van der Waals surface area contributed by atoms with E-state index in [2.05, 4.69) is 0 Å². The summed E-state index contributed by atoms with van der Waals surface area (Å²) in [4.78, 5) is 0. The quantitative estimate of drug-likeness (QED) is 0.882. The summed E-state index contributed by atoms with van der Waals surface area (Å²) in [5.74, 6) is 1.26. The molecule has 0 radical (unpaired) electrons. The number of hydrogen-bond acceptors (Lipinski definition) is 3. The van der Waals surface area contributed by atoms with E-state index in [4.69, 9.17) is 21.1 Å². The van der Waals surface area contributed by atoms with Gasteiger partial charge in [-0.2, -0.15) is 0 Å². The van der Waals surface area contributed by atoms with Crippen LogP contribution in [0.3, 0.4) is 0 Å². The van der Waals surface area contributed by atoms with Gasteiger partial charge in [-0.15, -0.1) is 0 Å². The molecule has 3 nitrogen and oxygen atoms in total. The van der Waals surface area contributed by atoms with E-state index in [0.29, 0.717) is 29.7 Å². The number of aliphatic hydroxyl groups excluding tert-OH is 1. The molecule has 1 atom stereocenters. The van der Waals surface area contributed by atoms with Gasteiger partial charge in [-0.05, 0) is 37.1 Å². The van der Waals surface area contributed by atoms with Crippen molar-refractivity contribution in [2.75, 3.05) is 13.2 Å². The maximum atomic E-state index is 9.43. The first-order valence-electron chi connectivity index (χ1n) is 5.53. The molecule has 0 aromatic heterocycles. The molecule has 1 N–H and O–H groups in total. The van der Waals surface area contributed by atoms with E-state index in [9.17, 15) is 5.11 Å². The van der Waals surface area contributed by atoms with Gasteiger partial charge in [-0.3, -0.25) is 0 Å². The zero-order chi connectivity index (χ0) is 12.4. The van der Waals surface area contributed by atoms with Crippen LogP contribution in [0.4, 0.5) is 0 Å². The number of aliphatic hydroxyl groups is 1. The Morgan fingerprint density at radius 2 is 2.12 bits per heavy atom. The lowest BCUT2D eigenvalue weighted by Gasteiger charge is -2.20. The first-order valence-corrected chi connectivity index (χ1v) is 5.91. The van der Waals surface area contributed by atoms with Crippen molar-refractivity contribution in [1.29, 1.82) is 0 Å². The number of ether oxygens (including phenoxy) is 2. The third-order valence-electron chi connectivity index (χ3n) is 2.67. The Kier molecular flexibility index (Phi) is 3.60. The average molecular weight is 255 g/mol. The van der Waals surface area contributed by atoms with Gasteiger partial charge in [0.1, 0.15) is 13.2 Å². The van der Waals surface area contributed by atoms with Crippen LogP contribution in [-0.4, -0.2) is 24.4 Å². The number of rotatable bonds is 2. The topological polar surface area (TPSA) is 38.7 Å². The highest BCUT2D eigenvalue weighted by Gasteiger charge is 2.16. The molecule has 2 rings (SSSR count). The fourth-order valence-corrected chi connectivity index (χ4v) is 1.87. The van der Waals surface area contributed by atoms with Crippen molar-refractivity contribution in [3.63, 3.8) is 0 Å². The second-order valence-corrected chi connectivity index (χ2v) is 4.50. The van der Waals surface area contributed by atoms with Crippen LogP contribution in [0, 0.1) is 0 Å². The number of fused-ring (bicyclic) bond motifs is 1. The molecule has 0 saturated carbocycles. The van der Waals surface area contributed by atoms with Gasteiger partial charge in [0, 0.05) is 0 Å². The smallest absolute Gasteiger partial charge is 0.179 e. The van der Waals surface area contributed by atoms with Crippen molar-refractivity contribution >= 4 is 17.7 Å². The van der Waals surface area contributed by atoms with Gasteiger partial charge in [0.2, 0.25) is 0 Å². The zero-order valence-corrected chi connectivity index (χ0v) is 10.6. The SMILES string of the molecule is C/C(=C\c1cc(Cl)c2c(c1)OCCO2)C(C)O. The highest BCUT2D eigenvalue weighted by Crippen LogP contribution is 2.38. The van der Waals surface area contributed by atoms with Crippen molar-refractivity contribution < 1.29 is 14.6 Å². The van der Waals surface area contributed by atoms with Crippen molar-refractivity contribution in [1.82, 2.24) is 0 Å². The molecule has 1 aliphatic rings. The summed E-state index contributed by atoms with van der Waals surface area (Å²) in [5, 5.41) is 9.97. The lowest BCUT2D eigenvalue weighted by molar-refractivity contribution is 0.171. The van der Waals surface area contributed by atoms with E-state index in [1.54, 1.807) is 13.0 Å². The van der Waals surface area contributed by atoms with E-state index in [0.717, 1.165) is 11.1 Å². The molecule has 0 saturated heterocycles. The molecule has 1 aromatic carbocycles. The third-order valence-corrected chi connectivity index (χ3v) is 2.95. The second-order valence-electron chi connectivity index (χ2n) is 4.09. The Morgan fingerprint density at radius 1 is 1.41 bits per heavy atom. The maximum absolute atomic E-state index is 9.43. The van der Waals surface area contributed by atoms with Gasteiger partial charge in [0.25, 0.3) is 0 Å². The molecule has 1 heterocycles. The third kappa shape index (κ3) is 2.73. The van der Waals surface area contributed by atoms with Crippen LogP contribution in [0.5, 0.6) is 11.5 Å². The first-order chi connectivity index (χ1) is 8.08. The fraction of sp³-hybridized carbons (Fsp3) is 0.385. The van der Waals surface area contributed by atoms with E-state index in [1.807, 2.05) is 19.1 Å². The van der Waals surface area contributed by atoms with Gasteiger partial charge < -0.3 is 14.6 Å². The molecule has 92 valence electrons. The highest BCUT2D eigenvalue weighted by atomic mass is 35.5. The van der Waals surface area contributed by atoms with Crippen molar-refractivity contribution in [2.45, 2.75) is 20.0 Å². The molecule has 1 aromatic rings. The standard InChI is InChI=1S/C13H15ClO3/c1-8(9(2)15)5-10-6-11(14)13-12(7-10)16-3-4-17-13/h5-7,9,15H,3-4H2,1-2H3/b8-5+. The molecule has 0 spiro atoms. The summed E-state index contributed by atoms with van der Waals surface area (Å²) in [5.41, 5.74) is 1.77. The van der Waals surface area contributed by atoms with Crippen LogP contribution >= 0.6 is 11.6 Å². The van der Waals surface area contributed by atoms with Crippen molar-refractivity contribution in [3.8, 4) is 11.5 Å². The van der Waals surface area contributed by atoms with Crippen LogP contribution in [0.25, 0.3) is 6.08 Å². The average Bonchev–Trinajstić information content (AvgIpc) is 2.29. The predicted molar refractivity (Wildman–Crippen MR) is 67.8 cm³/mol. The lowest BCUT2D eigenvalue weighted by Crippen LogP contribution is -2.15. The van der Waals surface area contributed by atoms with Crippen molar-refractivity contribution in [3.05, 3.63) is 28.3 Å². The summed E-state index contributed by atoms with van der Waals surface area (Å²) in [7, 11) is 0. The molecule has 1 unspecified atom stereocenters. The Balaban J connectivity index is 2.37.